The largest absolute Gasteiger partial charge is 0.327 e. The predicted molar refractivity (Wildman–Crippen MR) is 66.5 cm³/mol. The molecule has 2 atom stereocenters. The van der Waals surface area contributed by atoms with Crippen LogP contribution in [0.4, 0.5) is 0 Å². The molecule has 1 heterocycles. The Hall–Kier alpha value is -1.16. The van der Waals surface area contributed by atoms with Crippen LogP contribution in [0.15, 0.2) is 12.4 Å². The lowest BCUT2D eigenvalue weighted by Gasteiger charge is -2.27. The minimum absolute atomic E-state index is 0.0881. The maximum atomic E-state index is 12.1. The third-order valence-electron chi connectivity index (χ3n) is 3.65. The van der Waals surface area contributed by atoms with Gasteiger partial charge < -0.3 is 5.73 Å². The molecule has 4 heteroatoms. The summed E-state index contributed by atoms with van der Waals surface area (Å²) in [5.41, 5.74) is 7.15. The van der Waals surface area contributed by atoms with E-state index in [1.165, 1.54) is 6.42 Å². The van der Waals surface area contributed by atoms with Crippen LogP contribution in [0, 0.1) is 5.92 Å². The molecule has 1 fully saturated rings. The Kier molecular flexibility index (Phi) is 3.94. The monoisotopic (exact) mass is 235 g/mol. The fourth-order valence-corrected chi connectivity index (χ4v) is 2.61. The molecule has 0 bridgehead atoms. The quantitative estimate of drug-likeness (QED) is 0.859. The lowest BCUT2D eigenvalue weighted by molar-refractivity contribution is -0.124. The summed E-state index contributed by atoms with van der Waals surface area (Å²) >= 11 is 0. The number of nitrogens with two attached hydrogens (primary N) is 1. The number of carbonyl (C=O) groups is 1. The number of aryl methyl sites for hydroxylation is 2. The second-order valence-corrected chi connectivity index (χ2v) is 5.04. The second kappa shape index (κ2) is 5.45. The topological polar surface area (TPSA) is 60.9 Å². The van der Waals surface area contributed by atoms with Gasteiger partial charge in [-0.15, -0.1) is 0 Å². The highest BCUT2D eigenvalue weighted by Crippen LogP contribution is 2.25. The summed E-state index contributed by atoms with van der Waals surface area (Å²) in [5, 5.41) is 4.10. The third-order valence-corrected chi connectivity index (χ3v) is 3.65. The number of hydrogen-bond donors (Lipinski definition) is 1. The predicted octanol–water partition coefficient (Wildman–Crippen LogP) is 1.44. The van der Waals surface area contributed by atoms with E-state index in [9.17, 15) is 4.79 Å². The first kappa shape index (κ1) is 12.3. The molecule has 1 saturated carbocycles. The van der Waals surface area contributed by atoms with Gasteiger partial charge in [0.2, 0.25) is 0 Å². The average Bonchev–Trinajstić information content (AvgIpc) is 2.73. The number of hydrogen-bond acceptors (Lipinski definition) is 3. The van der Waals surface area contributed by atoms with E-state index in [0.717, 1.165) is 31.2 Å². The second-order valence-electron chi connectivity index (χ2n) is 5.04. The minimum atomic E-state index is 0.0881. The summed E-state index contributed by atoms with van der Waals surface area (Å²) in [6.45, 7) is 0. The van der Waals surface area contributed by atoms with E-state index in [-0.39, 0.29) is 12.0 Å². The normalized spacial score (nSPS) is 24.8. The molecule has 2 rings (SSSR count). The molecule has 1 aromatic heterocycles. The van der Waals surface area contributed by atoms with Crippen molar-refractivity contribution in [1.29, 1.82) is 0 Å². The van der Waals surface area contributed by atoms with Gasteiger partial charge in [-0.05, 0) is 24.8 Å². The highest BCUT2D eigenvalue weighted by Gasteiger charge is 2.27. The number of Topliss-reactive ketones (excluding diaryl/α,β-unsaturated/α-hetero) is 1. The van der Waals surface area contributed by atoms with Gasteiger partial charge in [-0.3, -0.25) is 9.48 Å². The van der Waals surface area contributed by atoms with Gasteiger partial charge in [0, 0.05) is 31.6 Å². The van der Waals surface area contributed by atoms with E-state index < -0.39 is 0 Å². The Morgan fingerprint density at radius 1 is 1.53 bits per heavy atom. The molecule has 4 nitrogen and oxygen atoms in total. The summed E-state index contributed by atoms with van der Waals surface area (Å²) in [6.07, 6.45) is 9.49. The zero-order valence-electron chi connectivity index (χ0n) is 10.4. The van der Waals surface area contributed by atoms with Crippen LogP contribution in [0.5, 0.6) is 0 Å². The fourth-order valence-electron chi connectivity index (χ4n) is 2.61. The summed E-state index contributed by atoms with van der Waals surface area (Å²) in [5.74, 6) is 0.432. The minimum Gasteiger partial charge on any atom is -0.327 e. The van der Waals surface area contributed by atoms with Gasteiger partial charge >= 0.3 is 0 Å². The first-order valence-corrected chi connectivity index (χ1v) is 6.42. The van der Waals surface area contributed by atoms with Crippen molar-refractivity contribution in [1.82, 2.24) is 9.78 Å². The van der Waals surface area contributed by atoms with E-state index in [1.807, 2.05) is 19.4 Å². The molecule has 0 amide bonds. The molecule has 0 radical (unpaired) electrons. The molecule has 2 N–H and O–H groups in total. The van der Waals surface area contributed by atoms with E-state index in [1.54, 1.807) is 4.68 Å². The Labute approximate surface area is 102 Å². The fraction of sp³-hybridized carbons (Fsp3) is 0.692. The molecule has 1 aliphatic carbocycles. The van der Waals surface area contributed by atoms with Gasteiger partial charge in [0.1, 0.15) is 5.78 Å². The summed E-state index contributed by atoms with van der Waals surface area (Å²) in [7, 11) is 1.89. The first-order chi connectivity index (χ1) is 8.16. The van der Waals surface area contributed by atoms with Crippen LogP contribution in [-0.4, -0.2) is 21.6 Å². The Morgan fingerprint density at radius 3 is 2.94 bits per heavy atom. The van der Waals surface area contributed by atoms with Crippen molar-refractivity contribution in [3.8, 4) is 0 Å². The third kappa shape index (κ3) is 3.16. The van der Waals surface area contributed by atoms with Gasteiger partial charge in [0.05, 0.1) is 6.20 Å². The van der Waals surface area contributed by atoms with Gasteiger partial charge in [-0.1, -0.05) is 12.8 Å². The molecule has 1 aliphatic rings. The van der Waals surface area contributed by atoms with Crippen LogP contribution in [-0.2, 0) is 18.3 Å². The van der Waals surface area contributed by atoms with Crippen molar-refractivity contribution in [2.75, 3.05) is 0 Å². The van der Waals surface area contributed by atoms with Crippen LogP contribution >= 0.6 is 0 Å². The van der Waals surface area contributed by atoms with E-state index in [0.29, 0.717) is 12.2 Å². The average molecular weight is 235 g/mol. The van der Waals surface area contributed by atoms with E-state index in [2.05, 4.69) is 5.10 Å². The number of rotatable bonds is 4. The Balaban J connectivity index is 1.84. The summed E-state index contributed by atoms with van der Waals surface area (Å²) < 4.78 is 1.77. The van der Waals surface area contributed by atoms with Crippen molar-refractivity contribution >= 4 is 5.78 Å². The zero-order valence-corrected chi connectivity index (χ0v) is 10.4. The van der Waals surface area contributed by atoms with Gasteiger partial charge in [-0.25, -0.2) is 0 Å². The molecule has 17 heavy (non-hydrogen) atoms. The number of ketones is 1. The maximum absolute atomic E-state index is 12.1. The van der Waals surface area contributed by atoms with E-state index >= 15 is 0 Å². The van der Waals surface area contributed by atoms with Crippen molar-refractivity contribution in [2.24, 2.45) is 18.7 Å². The lowest BCUT2D eigenvalue weighted by atomic mass is 9.81. The first-order valence-electron chi connectivity index (χ1n) is 6.42. The Morgan fingerprint density at radius 2 is 2.29 bits per heavy atom. The van der Waals surface area contributed by atoms with E-state index in [4.69, 9.17) is 5.73 Å². The smallest absolute Gasteiger partial charge is 0.137 e. The van der Waals surface area contributed by atoms with Gasteiger partial charge in [0.15, 0.2) is 0 Å². The van der Waals surface area contributed by atoms with Crippen molar-refractivity contribution in [3.63, 3.8) is 0 Å². The molecule has 2 unspecified atom stereocenters. The lowest BCUT2D eigenvalue weighted by Crippen LogP contribution is -2.38. The summed E-state index contributed by atoms with van der Waals surface area (Å²) in [6, 6.07) is 0.0881. The van der Waals surface area contributed by atoms with Crippen molar-refractivity contribution in [2.45, 2.75) is 44.6 Å². The van der Waals surface area contributed by atoms with Crippen molar-refractivity contribution < 1.29 is 4.79 Å². The van der Waals surface area contributed by atoms with Gasteiger partial charge in [-0.2, -0.15) is 5.10 Å². The molecule has 0 spiro atoms. The Bertz CT molecular complexity index is 386. The van der Waals surface area contributed by atoms with Crippen LogP contribution < -0.4 is 5.73 Å². The molecule has 0 aliphatic heterocycles. The zero-order chi connectivity index (χ0) is 12.3. The number of aromatic nitrogens is 2. The highest BCUT2D eigenvalue weighted by atomic mass is 16.1. The van der Waals surface area contributed by atoms with Crippen LogP contribution in [0.2, 0.25) is 0 Å². The molecule has 1 aromatic rings. The number of carbonyl (C=O) groups excluding carboxylic acids is 1. The standard InChI is InChI=1S/C13H21N3O/c1-16-9-10(8-15-16)6-7-13(17)11-4-2-3-5-12(11)14/h8-9,11-12H,2-7,14H2,1H3. The highest BCUT2D eigenvalue weighted by molar-refractivity contribution is 5.82. The number of nitrogens with zero attached hydrogens (tertiary/aromatic N) is 2. The van der Waals surface area contributed by atoms with Crippen LogP contribution in [0.3, 0.4) is 0 Å². The molecule has 0 aromatic carbocycles. The van der Waals surface area contributed by atoms with Gasteiger partial charge in [0.25, 0.3) is 0 Å². The van der Waals surface area contributed by atoms with Crippen LogP contribution in [0.25, 0.3) is 0 Å². The molecule has 94 valence electrons. The molecular formula is C13H21N3O. The molecular weight excluding hydrogens is 214 g/mol. The SMILES string of the molecule is Cn1cc(CCC(=O)C2CCCCC2N)cn1. The maximum Gasteiger partial charge on any atom is 0.137 e. The van der Waals surface area contributed by atoms with Crippen molar-refractivity contribution in [3.05, 3.63) is 18.0 Å². The summed E-state index contributed by atoms with van der Waals surface area (Å²) in [4.78, 5) is 12.1. The molecule has 0 saturated heterocycles. The van der Waals surface area contributed by atoms with Crippen LogP contribution in [0.1, 0.15) is 37.7 Å².